The summed E-state index contributed by atoms with van der Waals surface area (Å²) in [7, 11) is 0. The van der Waals surface area contributed by atoms with Crippen LogP contribution in [-0.4, -0.2) is 33.3 Å². The summed E-state index contributed by atoms with van der Waals surface area (Å²) in [5.41, 5.74) is 0.829. The van der Waals surface area contributed by atoms with Crippen molar-refractivity contribution in [1.82, 2.24) is 25.4 Å². The van der Waals surface area contributed by atoms with Gasteiger partial charge in [-0.05, 0) is 47.0 Å². The molecule has 2 N–H and O–H groups in total. The van der Waals surface area contributed by atoms with Gasteiger partial charge in [-0.15, -0.1) is 24.0 Å². The molecule has 9 heteroatoms. The Balaban J connectivity index is 0.00000225. The minimum atomic E-state index is -0.272. The van der Waals surface area contributed by atoms with E-state index in [0.717, 1.165) is 43.3 Å². The summed E-state index contributed by atoms with van der Waals surface area (Å²) in [6.07, 6.45) is 3.48. The minimum Gasteiger partial charge on any atom is -0.357 e. The normalized spacial score (nSPS) is 16.8. The van der Waals surface area contributed by atoms with Crippen LogP contribution in [0.3, 0.4) is 0 Å². The Bertz CT molecular complexity index is 735. The number of benzene rings is 1. The summed E-state index contributed by atoms with van der Waals surface area (Å²) in [6, 6.07) is 5.31. The van der Waals surface area contributed by atoms with E-state index in [1.54, 1.807) is 12.4 Å². The van der Waals surface area contributed by atoms with Crippen LogP contribution in [0.25, 0.3) is 0 Å². The van der Waals surface area contributed by atoms with Crippen molar-refractivity contribution in [3.8, 4) is 0 Å². The molecule has 1 aromatic carbocycles. The topological polar surface area (TPSA) is 67.1 Å². The molecule has 6 nitrogen and oxygen atoms in total. The number of nitrogens with zero attached hydrogens (tertiary/aromatic N) is 4. The Kier molecular flexibility index (Phi) is 7.60. The fraction of sp³-hybridized carbons (Fsp3) is 0.438. The third-order valence-electron chi connectivity index (χ3n) is 3.89. The van der Waals surface area contributed by atoms with E-state index < -0.39 is 0 Å². The molecule has 2 aromatic rings. The molecule has 1 aliphatic rings. The fourth-order valence-electron chi connectivity index (χ4n) is 2.68. The number of aliphatic imine (C=N–C) groups is 1. The first-order chi connectivity index (χ1) is 11.7. The van der Waals surface area contributed by atoms with E-state index in [-0.39, 0.29) is 35.8 Å². The van der Waals surface area contributed by atoms with Crippen molar-refractivity contribution in [2.75, 3.05) is 6.54 Å². The largest absolute Gasteiger partial charge is 0.357 e. The Morgan fingerprint density at radius 2 is 2.32 bits per heavy atom. The number of fused-ring (bicyclic) bond motifs is 1. The van der Waals surface area contributed by atoms with Gasteiger partial charge in [-0.3, -0.25) is 0 Å². The third-order valence-corrected chi connectivity index (χ3v) is 4.54. The van der Waals surface area contributed by atoms with Crippen LogP contribution in [0.5, 0.6) is 0 Å². The van der Waals surface area contributed by atoms with Gasteiger partial charge in [0.15, 0.2) is 5.96 Å². The van der Waals surface area contributed by atoms with Crippen LogP contribution >= 0.6 is 39.9 Å². The molecule has 0 amide bonds. The molecule has 1 aromatic heterocycles. The first-order valence-electron chi connectivity index (χ1n) is 8.01. The Morgan fingerprint density at radius 3 is 3.08 bits per heavy atom. The van der Waals surface area contributed by atoms with E-state index in [0.29, 0.717) is 11.0 Å². The molecular weight excluding hydrogens is 502 g/mol. The lowest BCUT2D eigenvalue weighted by Crippen LogP contribution is -2.47. The van der Waals surface area contributed by atoms with Gasteiger partial charge < -0.3 is 10.6 Å². The monoisotopic (exact) mass is 522 g/mol. The summed E-state index contributed by atoms with van der Waals surface area (Å²) < 4.78 is 16.0. The van der Waals surface area contributed by atoms with Crippen molar-refractivity contribution in [3.05, 3.63) is 46.2 Å². The number of rotatable bonds is 4. The van der Waals surface area contributed by atoms with E-state index in [2.05, 4.69) is 41.6 Å². The minimum absolute atomic E-state index is 0. The van der Waals surface area contributed by atoms with Gasteiger partial charge in [-0.25, -0.2) is 19.0 Å². The summed E-state index contributed by atoms with van der Waals surface area (Å²) in [5.74, 6) is 1.49. The zero-order valence-corrected chi connectivity index (χ0v) is 17.8. The van der Waals surface area contributed by atoms with Gasteiger partial charge in [0.2, 0.25) is 0 Å². The predicted molar refractivity (Wildman–Crippen MR) is 110 cm³/mol. The molecule has 0 saturated heterocycles. The maximum atomic E-state index is 13.6. The van der Waals surface area contributed by atoms with Crippen LogP contribution in [-0.2, 0) is 19.5 Å². The van der Waals surface area contributed by atoms with Gasteiger partial charge in [-0.2, -0.15) is 5.10 Å². The van der Waals surface area contributed by atoms with Gasteiger partial charge in [0.25, 0.3) is 0 Å². The lowest BCUT2D eigenvalue weighted by molar-refractivity contribution is 0.392. The average Bonchev–Trinajstić information content (AvgIpc) is 3.03. The van der Waals surface area contributed by atoms with Gasteiger partial charge in [0, 0.05) is 19.0 Å². The summed E-state index contributed by atoms with van der Waals surface area (Å²) >= 11 is 3.16. The standard InChI is InChI=1S/C16H20BrFN6.HI/c1-2-19-16(20-8-11-3-5-13(17)14(18)7-11)23-12-4-6-15-21-10-22-24(15)9-12;/h3,5,7,10,12H,2,4,6,8-9H2,1H3,(H2,19,20,23);1H. The first-order valence-corrected chi connectivity index (χ1v) is 8.80. The second-order valence-electron chi connectivity index (χ2n) is 5.68. The van der Waals surface area contributed by atoms with E-state index >= 15 is 0 Å². The van der Waals surface area contributed by atoms with Crippen LogP contribution in [0.15, 0.2) is 34.0 Å². The van der Waals surface area contributed by atoms with E-state index in [9.17, 15) is 4.39 Å². The molecule has 0 aliphatic carbocycles. The zero-order valence-electron chi connectivity index (χ0n) is 13.9. The Hall–Kier alpha value is -1.23. The van der Waals surface area contributed by atoms with Crippen molar-refractivity contribution in [3.63, 3.8) is 0 Å². The smallest absolute Gasteiger partial charge is 0.191 e. The highest BCUT2D eigenvalue weighted by Gasteiger charge is 2.20. The Labute approximate surface area is 171 Å². The molecule has 3 rings (SSSR count). The molecule has 1 aliphatic heterocycles. The summed E-state index contributed by atoms with van der Waals surface area (Å²) in [6.45, 7) is 3.97. The molecule has 0 radical (unpaired) electrons. The second kappa shape index (κ2) is 9.46. The van der Waals surface area contributed by atoms with Crippen LogP contribution in [0, 0.1) is 5.82 Å². The molecule has 1 atom stereocenters. The highest BCUT2D eigenvalue weighted by atomic mass is 127. The highest BCUT2D eigenvalue weighted by molar-refractivity contribution is 14.0. The molecule has 0 fully saturated rings. The molecular formula is C16H21BrFIN6. The van der Waals surface area contributed by atoms with Crippen molar-refractivity contribution >= 4 is 45.9 Å². The van der Waals surface area contributed by atoms with E-state index in [1.807, 2.05) is 17.7 Å². The lowest BCUT2D eigenvalue weighted by Gasteiger charge is -2.25. The van der Waals surface area contributed by atoms with Crippen molar-refractivity contribution in [2.24, 2.45) is 4.99 Å². The number of aryl methyl sites for hydroxylation is 1. The van der Waals surface area contributed by atoms with Gasteiger partial charge in [0.05, 0.1) is 17.6 Å². The predicted octanol–water partition coefficient (Wildman–Crippen LogP) is 2.87. The molecule has 2 heterocycles. The number of guanidine groups is 1. The van der Waals surface area contributed by atoms with Crippen LogP contribution in [0.2, 0.25) is 0 Å². The van der Waals surface area contributed by atoms with Gasteiger partial charge >= 0.3 is 0 Å². The van der Waals surface area contributed by atoms with Crippen molar-refractivity contribution < 1.29 is 4.39 Å². The van der Waals surface area contributed by atoms with Gasteiger partial charge in [-0.1, -0.05) is 6.07 Å². The van der Waals surface area contributed by atoms with Crippen molar-refractivity contribution in [2.45, 2.75) is 38.9 Å². The maximum Gasteiger partial charge on any atom is 0.191 e. The SMILES string of the molecule is CCNC(=NCc1ccc(Br)c(F)c1)NC1CCc2ncnn2C1.I. The maximum absolute atomic E-state index is 13.6. The van der Waals surface area contributed by atoms with Gasteiger partial charge in [0.1, 0.15) is 18.0 Å². The van der Waals surface area contributed by atoms with Crippen LogP contribution < -0.4 is 10.6 Å². The van der Waals surface area contributed by atoms with Crippen LogP contribution in [0.4, 0.5) is 4.39 Å². The summed E-state index contributed by atoms with van der Waals surface area (Å²) in [4.78, 5) is 8.80. The van der Waals surface area contributed by atoms with E-state index in [1.165, 1.54) is 6.07 Å². The number of hydrogen-bond donors (Lipinski definition) is 2. The average molecular weight is 523 g/mol. The quantitative estimate of drug-likeness (QED) is 0.368. The van der Waals surface area contributed by atoms with Crippen LogP contribution in [0.1, 0.15) is 24.7 Å². The second-order valence-corrected chi connectivity index (χ2v) is 6.54. The lowest BCUT2D eigenvalue weighted by atomic mass is 10.1. The highest BCUT2D eigenvalue weighted by Crippen LogP contribution is 2.17. The van der Waals surface area contributed by atoms with Crippen molar-refractivity contribution in [1.29, 1.82) is 0 Å². The van der Waals surface area contributed by atoms with E-state index in [4.69, 9.17) is 0 Å². The molecule has 25 heavy (non-hydrogen) atoms. The molecule has 0 saturated carbocycles. The fourth-order valence-corrected chi connectivity index (χ4v) is 2.92. The number of hydrogen-bond acceptors (Lipinski definition) is 3. The number of halogens is 3. The third kappa shape index (κ3) is 5.37. The first kappa shape index (κ1) is 20.1. The summed E-state index contributed by atoms with van der Waals surface area (Å²) in [5, 5.41) is 10.9. The zero-order chi connectivity index (χ0) is 16.9. The molecule has 0 spiro atoms. The number of nitrogens with one attached hydrogen (secondary N) is 2. The molecule has 0 bridgehead atoms. The number of aromatic nitrogens is 3. The Morgan fingerprint density at radius 1 is 1.48 bits per heavy atom. The molecule has 136 valence electrons. The molecule has 1 unspecified atom stereocenters.